The van der Waals surface area contributed by atoms with Gasteiger partial charge in [-0.1, -0.05) is 0 Å². The molecule has 8 heteroatoms. The van der Waals surface area contributed by atoms with E-state index in [0.717, 1.165) is 11.5 Å². The van der Waals surface area contributed by atoms with Crippen molar-refractivity contribution in [2.45, 2.75) is 31.6 Å². The number of H-pyrrole nitrogens is 1. The predicted octanol–water partition coefficient (Wildman–Crippen LogP) is 0.757. The number of halogens is 1. The van der Waals surface area contributed by atoms with Crippen molar-refractivity contribution in [3.05, 3.63) is 36.2 Å². The van der Waals surface area contributed by atoms with E-state index in [2.05, 4.69) is 20.1 Å². The number of nitrogens with one attached hydrogen (secondary N) is 1. The van der Waals surface area contributed by atoms with Gasteiger partial charge in [-0.05, 0) is 12.5 Å². The maximum atomic E-state index is 13.9. The largest absolute Gasteiger partial charge is 0.344 e. The average molecular weight is 334 g/mol. The maximum Gasteiger partial charge on any atom is 0.228 e. The Bertz CT molecular complexity index is 670. The van der Waals surface area contributed by atoms with E-state index in [1.54, 1.807) is 30.4 Å². The molecule has 0 spiro atoms. The number of imidazole rings is 1. The summed E-state index contributed by atoms with van der Waals surface area (Å²) in [6.45, 7) is 1.50. The number of likely N-dealkylation sites (N-methyl/N-ethyl adjacent to an activating group) is 1. The van der Waals surface area contributed by atoms with E-state index in [4.69, 9.17) is 0 Å². The number of aromatic amines is 1. The molecule has 1 fully saturated rings. The molecule has 7 nitrogen and oxygen atoms in total. The van der Waals surface area contributed by atoms with Gasteiger partial charge in [0.2, 0.25) is 5.91 Å². The van der Waals surface area contributed by atoms with Crippen LogP contribution in [0.15, 0.2) is 24.7 Å². The van der Waals surface area contributed by atoms with Crippen LogP contribution in [0.5, 0.6) is 0 Å². The second-order valence-electron chi connectivity index (χ2n) is 6.40. The van der Waals surface area contributed by atoms with Crippen molar-refractivity contribution in [1.29, 1.82) is 0 Å². The maximum absolute atomic E-state index is 13.9. The van der Waals surface area contributed by atoms with Gasteiger partial charge in [-0.15, -0.1) is 0 Å². The zero-order valence-electron chi connectivity index (χ0n) is 14.0. The molecule has 3 heterocycles. The molecule has 0 aliphatic carbocycles. The van der Waals surface area contributed by atoms with Gasteiger partial charge in [0.1, 0.15) is 12.0 Å². The first-order chi connectivity index (χ1) is 11.5. The Morgan fingerprint density at radius 3 is 3.00 bits per heavy atom. The molecule has 0 radical (unpaired) electrons. The highest BCUT2D eigenvalue weighted by atomic mass is 19.1. The van der Waals surface area contributed by atoms with Gasteiger partial charge in [-0.25, -0.2) is 9.37 Å². The SMILES string of the molecule is CN(C[C@@H]1C[C@H](F)CN1Cc1nccn1C)C(=O)Cc1ccn[nH]1. The summed E-state index contributed by atoms with van der Waals surface area (Å²) >= 11 is 0. The quantitative estimate of drug-likeness (QED) is 0.847. The number of aromatic nitrogens is 4. The van der Waals surface area contributed by atoms with Crippen molar-refractivity contribution >= 4 is 5.91 Å². The van der Waals surface area contributed by atoms with E-state index in [1.807, 2.05) is 17.8 Å². The van der Waals surface area contributed by atoms with Crippen LogP contribution in [-0.4, -0.2) is 67.8 Å². The molecule has 0 saturated carbocycles. The molecular weight excluding hydrogens is 311 g/mol. The molecule has 1 saturated heterocycles. The molecule has 1 aliphatic rings. The standard InChI is InChI=1S/C16H23FN6O/c1-21-6-5-18-15(21)11-23-9-12(17)7-14(23)10-22(2)16(24)8-13-3-4-19-20-13/h3-6,12,14H,7-11H2,1-2H3,(H,19,20)/t12-,14-/m0/s1. The third-order valence-electron chi connectivity index (χ3n) is 4.55. The number of likely N-dealkylation sites (tertiary alicyclic amines) is 1. The number of hydrogen-bond acceptors (Lipinski definition) is 4. The molecule has 0 aromatic carbocycles. The third-order valence-corrected chi connectivity index (χ3v) is 4.55. The number of carbonyl (C=O) groups excluding carboxylic acids is 1. The summed E-state index contributed by atoms with van der Waals surface area (Å²) in [4.78, 5) is 20.4. The van der Waals surface area contributed by atoms with Gasteiger partial charge < -0.3 is 9.47 Å². The molecule has 2 atom stereocenters. The molecule has 0 unspecified atom stereocenters. The van der Waals surface area contributed by atoms with Gasteiger partial charge in [0.05, 0.1) is 13.0 Å². The van der Waals surface area contributed by atoms with E-state index in [9.17, 15) is 9.18 Å². The number of carbonyl (C=O) groups is 1. The molecule has 0 bridgehead atoms. The van der Waals surface area contributed by atoms with Crippen molar-refractivity contribution in [3.8, 4) is 0 Å². The Hall–Kier alpha value is -2.22. The Morgan fingerprint density at radius 2 is 2.33 bits per heavy atom. The summed E-state index contributed by atoms with van der Waals surface area (Å²) in [6, 6.07) is 1.79. The zero-order valence-corrected chi connectivity index (χ0v) is 14.0. The lowest BCUT2D eigenvalue weighted by Crippen LogP contribution is -2.41. The van der Waals surface area contributed by atoms with E-state index in [1.165, 1.54) is 0 Å². The number of hydrogen-bond donors (Lipinski definition) is 1. The van der Waals surface area contributed by atoms with Crippen molar-refractivity contribution in [1.82, 2.24) is 29.5 Å². The van der Waals surface area contributed by atoms with Crippen LogP contribution in [0.25, 0.3) is 0 Å². The minimum atomic E-state index is -0.855. The highest BCUT2D eigenvalue weighted by Crippen LogP contribution is 2.23. The van der Waals surface area contributed by atoms with Crippen molar-refractivity contribution in [2.75, 3.05) is 20.1 Å². The lowest BCUT2D eigenvalue weighted by Gasteiger charge is -2.28. The molecule has 24 heavy (non-hydrogen) atoms. The summed E-state index contributed by atoms with van der Waals surface area (Å²) in [5, 5.41) is 6.64. The Labute approximate surface area is 140 Å². The van der Waals surface area contributed by atoms with E-state index in [-0.39, 0.29) is 18.4 Å². The first kappa shape index (κ1) is 16.6. The van der Waals surface area contributed by atoms with E-state index in [0.29, 0.717) is 26.1 Å². The summed E-state index contributed by atoms with van der Waals surface area (Å²) in [5.74, 6) is 0.902. The van der Waals surface area contributed by atoms with Crippen LogP contribution in [-0.2, 0) is 24.8 Å². The second-order valence-corrected chi connectivity index (χ2v) is 6.40. The predicted molar refractivity (Wildman–Crippen MR) is 86.8 cm³/mol. The molecule has 1 amide bonds. The highest BCUT2D eigenvalue weighted by Gasteiger charge is 2.34. The van der Waals surface area contributed by atoms with Gasteiger partial charge in [0.15, 0.2) is 0 Å². The average Bonchev–Trinajstić information content (AvgIpc) is 3.24. The first-order valence-corrected chi connectivity index (χ1v) is 8.09. The number of aryl methyl sites for hydroxylation is 1. The van der Waals surface area contributed by atoms with Gasteiger partial charge in [0.25, 0.3) is 0 Å². The van der Waals surface area contributed by atoms with Gasteiger partial charge in [0, 0.05) is 57.5 Å². The van der Waals surface area contributed by atoms with Crippen LogP contribution < -0.4 is 0 Å². The molecule has 130 valence electrons. The number of nitrogens with zero attached hydrogens (tertiary/aromatic N) is 5. The van der Waals surface area contributed by atoms with Crippen molar-refractivity contribution in [2.24, 2.45) is 7.05 Å². The summed E-state index contributed by atoms with van der Waals surface area (Å²) in [6.07, 6.45) is 5.13. The fourth-order valence-electron chi connectivity index (χ4n) is 3.14. The molecular formula is C16H23FN6O. The Kier molecular flexibility index (Phi) is 4.94. The molecule has 1 aliphatic heterocycles. The fraction of sp³-hybridized carbons (Fsp3) is 0.562. The second kappa shape index (κ2) is 7.12. The topological polar surface area (TPSA) is 70.1 Å². The van der Waals surface area contributed by atoms with E-state index < -0.39 is 6.17 Å². The lowest BCUT2D eigenvalue weighted by atomic mass is 10.2. The van der Waals surface area contributed by atoms with Crippen LogP contribution in [0.1, 0.15) is 17.9 Å². The van der Waals surface area contributed by atoms with Gasteiger partial charge in [-0.3, -0.25) is 14.8 Å². The molecule has 2 aromatic heterocycles. The monoisotopic (exact) mass is 334 g/mol. The molecule has 2 aromatic rings. The Morgan fingerprint density at radius 1 is 1.50 bits per heavy atom. The van der Waals surface area contributed by atoms with Crippen LogP contribution in [0, 0.1) is 0 Å². The van der Waals surface area contributed by atoms with Crippen molar-refractivity contribution < 1.29 is 9.18 Å². The minimum absolute atomic E-state index is 0.00139. The van der Waals surface area contributed by atoms with Crippen LogP contribution in [0.3, 0.4) is 0 Å². The highest BCUT2D eigenvalue weighted by molar-refractivity contribution is 5.78. The summed E-state index contributed by atoms with van der Waals surface area (Å²) < 4.78 is 15.9. The molecule has 3 rings (SSSR count). The van der Waals surface area contributed by atoms with Gasteiger partial charge >= 0.3 is 0 Å². The van der Waals surface area contributed by atoms with Crippen molar-refractivity contribution in [3.63, 3.8) is 0 Å². The van der Waals surface area contributed by atoms with Crippen LogP contribution in [0.2, 0.25) is 0 Å². The summed E-state index contributed by atoms with van der Waals surface area (Å²) in [5.41, 5.74) is 0.784. The van der Waals surface area contributed by atoms with Gasteiger partial charge in [-0.2, -0.15) is 5.10 Å². The van der Waals surface area contributed by atoms with E-state index >= 15 is 0 Å². The zero-order chi connectivity index (χ0) is 17.1. The third kappa shape index (κ3) is 3.81. The summed E-state index contributed by atoms with van der Waals surface area (Å²) in [7, 11) is 3.70. The number of rotatable bonds is 6. The fourth-order valence-corrected chi connectivity index (χ4v) is 3.14. The normalized spacial score (nSPS) is 21.3. The first-order valence-electron chi connectivity index (χ1n) is 8.09. The minimum Gasteiger partial charge on any atom is -0.344 e. The van der Waals surface area contributed by atoms with Crippen LogP contribution in [0.4, 0.5) is 4.39 Å². The number of amides is 1. The Balaban J connectivity index is 1.59. The number of alkyl halides is 1. The lowest BCUT2D eigenvalue weighted by molar-refractivity contribution is -0.129. The van der Waals surface area contributed by atoms with Crippen LogP contribution >= 0.6 is 0 Å². The smallest absolute Gasteiger partial charge is 0.228 e. The molecule has 1 N–H and O–H groups in total.